The highest BCUT2D eigenvalue weighted by atomic mass is 16.4. The van der Waals surface area contributed by atoms with Gasteiger partial charge in [0.2, 0.25) is 5.91 Å². The van der Waals surface area contributed by atoms with Gasteiger partial charge in [-0.2, -0.15) is 0 Å². The van der Waals surface area contributed by atoms with E-state index in [4.69, 9.17) is 0 Å². The minimum Gasteiger partial charge on any atom is -0.480 e. The Bertz CT molecular complexity index is 318. The molecule has 1 aliphatic heterocycles. The average Bonchev–Trinajstić information content (AvgIpc) is 2.82. The molecule has 102 valence electrons. The molecule has 1 amide bonds. The standard InChI is InChI=1S/C13H22N2O3/c16-11(8-10-4-7-14-9-10)15-13(12(17)18)5-2-1-3-6-13/h10,14H,1-9H2,(H,15,16)(H,17,18). The molecule has 0 aromatic rings. The first-order valence-corrected chi connectivity index (χ1v) is 6.87. The topological polar surface area (TPSA) is 78.4 Å². The minimum absolute atomic E-state index is 0.104. The fourth-order valence-corrected chi connectivity index (χ4v) is 3.02. The summed E-state index contributed by atoms with van der Waals surface area (Å²) in [4.78, 5) is 23.4. The molecule has 2 aliphatic rings. The molecule has 0 radical (unpaired) electrons. The highest BCUT2D eigenvalue weighted by molar-refractivity contribution is 5.87. The predicted octanol–water partition coefficient (Wildman–Crippen LogP) is 0.890. The Hall–Kier alpha value is -1.10. The number of nitrogens with one attached hydrogen (secondary N) is 2. The van der Waals surface area contributed by atoms with Gasteiger partial charge in [-0.25, -0.2) is 4.79 Å². The molecule has 0 aromatic carbocycles. The van der Waals surface area contributed by atoms with Gasteiger partial charge >= 0.3 is 5.97 Å². The fraction of sp³-hybridized carbons (Fsp3) is 0.846. The van der Waals surface area contributed by atoms with Crippen LogP contribution in [0, 0.1) is 5.92 Å². The van der Waals surface area contributed by atoms with Crippen LogP contribution in [0.25, 0.3) is 0 Å². The summed E-state index contributed by atoms with van der Waals surface area (Å²) in [6.45, 7) is 1.83. The van der Waals surface area contributed by atoms with Crippen molar-refractivity contribution < 1.29 is 14.7 Å². The average molecular weight is 254 g/mol. The largest absolute Gasteiger partial charge is 0.480 e. The van der Waals surface area contributed by atoms with Crippen molar-refractivity contribution >= 4 is 11.9 Å². The number of carbonyl (C=O) groups excluding carboxylic acids is 1. The number of carbonyl (C=O) groups is 2. The zero-order valence-electron chi connectivity index (χ0n) is 10.7. The van der Waals surface area contributed by atoms with E-state index in [2.05, 4.69) is 10.6 Å². The molecule has 1 aliphatic carbocycles. The van der Waals surface area contributed by atoms with Gasteiger partial charge in [-0.3, -0.25) is 4.79 Å². The quantitative estimate of drug-likeness (QED) is 0.696. The molecule has 1 heterocycles. The van der Waals surface area contributed by atoms with Crippen LogP contribution in [-0.2, 0) is 9.59 Å². The second kappa shape index (κ2) is 5.69. The Balaban J connectivity index is 1.91. The van der Waals surface area contributed by atoms with E-state index in [9.17, 15) is 14.7 Å². The van der Waals surface area contributed by atoms with Gasteiger partial charge in [0.1, 0.15) is 5.54 Å². The van der Waals surface area contributed by atoms with E-state index < -0.39 is 11.5 Å². The summed E-state index contributed by atoms with van der Waals surface area (Å²) >= 11 is 0. The van der Waals surface area contributed by atoms with Crippen molar-refractivity contribution in [3.8, 4) is 0 Å². The number of hydrogen-bond donors (Lipinski definition) is 3. The van der Waals surface area contributed by atoms with Gasteiger partial charge in [-0.1, -0.05) is 19.3 Å². The van der Waals surface area contributed by atoms with Gasteiger partial charge in [0, 0.05) is 6.42 Å². The molecule has 18 heavy (non-hydrogen) atoms. The maximum absolute atomic E-state index is 12.0. The SMILES string of the molecule is O=C(CC1CCNC1)NC1(C(=O)O)CCCCC1. The molecule has 1 saturated heterocycles. The summed E-state index contributed by atoms with van der Waals surface area (Å²) in [6.07, 6.45) is 5.43. The van der Waals surface area contributed by atoms with Gasteiger partial charge in [0.25, 0.3) is 0 Å². The molecule has 0 spiro atoms. The molecule has 5 heteroatoms. The third kappa shape index (κ3) is 3.02. The molecule has 1 unspecified atom stereocenters. The van der Waals surface area contributed by atoms with Crippen molar-refractivity contribution in [1.29, 1.82) is 0 Å². The molecule has 0 bridgehead atoms. The van der Waals surface area contributed by atoms with Crippen LogP contribution in [0.5, 0.6) is 0 Å². The van der Waals surface area contributed by atoms with E-state index in [1.807, 2.05) is 0 Å². The van der Waals surface area contributed by atoms with Crippen LogP contribution in [0.2, 0.25) is 0 Å². The number of carboxylic acids is 1. The molecule has 3 N–H and O–H groups in total. The van der Waals surface area contributed by atoms with Gasteiger partial charge in [0.15, 0.2) is 0 Å². The highest BCUT2D eigenvalue weighted by Gasteiger charge is 2.41. The number of hydrogen-bond acceptors (Lipinski definition) is 3. The summed E-state index contributed by atoms with van der Waals surface area (Å²) in [7, 11) is 0. The minimum atomic E-state index is -0.999. The van der Waals surface area contributed by atoms with Gasteiger partial charge in [0.05, 0.1) is 0 Å². The molecular weight excluding hydrogens is 232 g/mol. The third-order valence-corrected chi connectivity index (χ3v) is 4.13. The van der Waals surface area contributed by atoms with Crippen LogP contribution in [0.1, 0.15) is 44.9 Å². The van der Waals surface area contributed by atoms with Crippen molar-refractivity contribution in [3.05, 3.63) is 0 Å². The first-order valence-electron chi connectivity index (χ1n) is 6.87. The Labute approximate surface area is 107 Å². The van der Waals surface area contributed by atoms with E-state index >= 15 is 0 Å². The van der Waals surface area contributed by atoms with E-state index in [1.165, 1.54) is 0 Å². The molecule has 1 saturated carbocycles. The smallest absolute Gasteiger partial charge is 0.329 e. The predicted molar refractivity (Wildman–Crippen MR) is 67.2 cm³/mol. The second-order valence-electron chi connectivity index (χ2n) is 5.56. The van der Waals surface area contributed by atoms with Crippen molar-refractivity contribution in [2.75, 3.05) is 13.1 Å². The maximum Gasteiger partial charge on any atom is 0.329 e. The van der Waals surface area contributed by atoms with Crippen molar-refractivity contribution in [1.82, 2.24) is 10.6 Å². The third-order valence-electron chi connectivity index (χ3n) is 4.13. The van der Waals surface area contributed by atoms with Gasteiger partial charge in [-0.05, 0) is 38.3 Å². The zero-order valence-corrected chi connectivity index (χ0v) is 10.7. The maximum atomic E-state index is 12.0. The number of amides is 1. The molecule has 2 fully saturated rings. The van der Waals surface area contributed by atoms with Gasteiger partial charge in [-0.15, -0.1) is 0 Å². The normalized spacial score (nSPS) is 26.8. The number of aliphatic carboxylic acids is 1. The number of rotatable bonds is 4. The summed E-state index contributed by atoms with van der Waals surface area (Å²) < 4.78 is 0. The zero-order chi connectivity index (χ0) is 13.0. The first kappa shape index (κ1) is 13.3. The van der Waals surface area contributed by atoms with Crippen molar-refractivity contribution in [3.63, 3.8) is 0 Å². The summed E-state index contributed by atoms with van der Waals surface area (Å²) in [6, 6.07) is 0. The highest BCUT2D eigenvalue weighted by Crippen LogP contribution is 2.29. The summed E-state index contributed by atoms with van der Waals surface area (Å²) in [5.41, 5.74) is -0.999. The lowest BCUT2D eigenvalue weighted by Crippen LogP contribution is -2.55. The fourth-order valence-electron chi connectivity index (χ4n) is 3.02. The Morgan fingerprint density at radius 1 is 1.28 bits per heavy atom. The monoisotopic (exact) mass is 254 g/mol. The lowest BCUT2D eigenvalue weighted by molar-refractivity contribution is -0.149. The Morgan fingerprint density at radius 3 is 2.56 bits per heavy atom. The summed E-state index contributed by atoms with van der Waals surface area (Å²) in [5.74, 6) is -0.618. The van der Waals surface area contributed by atoms with Crippen molar-refractivity contribution in [2.45, 2.75) is 50.5 Å². The second-order valence-corrected chi connectivity index (χ2v) is 5.56. The van der Waals surface area contributed by atoms with E-state index in [1.54, 1.807) is 0 Å². The van der Waals surface area contributed by atoms with E-state index in [-0.39, 0.29) is 5.91 Å². The lowest BCUT2D eigenvalue weighted by Gasteiger charge is -2.34. The van der Waals surface area contributed by atoms with E-state index in [0.717, 1.165) is 38.8 Å². The molecule has 2 rings (SSSR count). The summed E-state index contributed by atoms with van der Waals surface area (Å²) in [5, 5.41) is 15.4. The molecule has 1 atom stereocenters. The Kier molecular flexibility index (Phi) is 4.22. The van der Waals surface area contributed by atoms with Crippen LogP contribution in [0.4, 0.5) is 0 Å². The first-order chi connectivity index (χ1) is 8.62. The molecule has 0 aromatic heterocycles. The van der Waals surface area contributed by atoms with Crippen LogP contribution >= 0.6 is 0 Å². The van der Waals surface area contributed by atoms with Crippen molar-refractivity contribution in [2.24, 2.45) is 5.92 Å². The Morgan fingerprint density at radius 2 is 2.00 bits per heavy atom. The molecular formula is C13H22N2O3. The lowest BCUT2D eigenvalue weighted by atomic mass is 9.81. The van der Waals surface area contributed by atoms with Crippen LogP contribution in [-0.4, -0.2) is 35.6 Å². The van der Waals surface area contributed by atoms with E-state index in [0.29, 0.717) is 25.2 Å². The number of carboxylic acid groups (broad SMARTS) is 1. The van der Waals surface area contributed by atoms with Gasteiger partial charge < -0.3 is 15.7 Å². The molecule has 5 nitrogen and oxygen atoms in total. The van der Waals surface area contributed by atoms with Crippen LogP contribution in [0.3, 0.4) is 0 Å². The van der Waals surface area contributed by atoms with Crippen LogP contribution in [0.15, 0.2) is 0 Å². The van der Waals surface area contributed by atoms with Crippen LogP contribution < -0.4 is 10.6 Å².